The van der Waals surface area contributed by atoms with E-state index in [1.807, 2.05) is 0 Å². The molecule has 2 aliphatic heterocycles. The Morgan fingerprint density at radius 1 is 1.05 bits per heavy atom. The van der Waals surface area contributed by atoms with Crippen molar-refractivity contribution in [3.8, 4) is 0 Å². The first-order chi connectivity index (χ1) is 10.1. The number of amides is 3. The van der Waals surface area contributed by atoms with Crippen LogP contribution in [0.5, 0.6) is 0 Å². The topological polar surface area (TPSA) is 57.7 Å². The van der Waals surface area contributed by atoms with E-state index in [4.69, 9.17) is 0 Å². The van der Waals surface area contributed by atoms with Crippen molar-refractivity contribution in [2.24, 2.45) is 0 Å². The summed E-state index contributed by atoms with van der Waals surface area (Å²) in [6, 6.07) is 4.96. The number of piperidine rings is 1. The number of fused-ring (bicyclic) bond motifs is 1. The number of imide groups is 1. The Balaban J connectivity index is 1.77. The van der Waals surface area contributed by atoms with Crippen LogP contribution in [0.2, 0.25) is 0 Å². The first kappa shape index (κ1) is 14.3. The van der Waals surface area contributed by atoms with E-state index in [9.17, 15) is 14.4 Å². The van der Waals surface area contributed by atoms with Gasteiger partial charge in [-0.05, 0) is 37.5 Å². The largest absolute Gasteiger partial charge is 0.341 e. The maximum Gasteiger partial charge on any atom is 0.262 e. The second-order valence-electron chi connectivity index (χ2n) is 5.33. The third-order valence-corrected chi connectivity index (χ3v) is 4.43. The second kappa shape index (κ2) is 5.60. The van der Waals surface area contributed by atoms with Crippen LogP contribution < -0.4 is 0 Å². The lowest BCUT2D eigenvalue weighted by molar-refractivity contribution is -0.132. The van der Waals surface area contributed by atoms with Crippen LogP contribution in [0.4, 0.5) is 0 Å². The third-order valence-electron chi connectivity index (χ3n) is 3.93. The minimum absolute atomic E-state index is 0.150. The van der Waals surface area contributed by atoms with Crippen LogP contribution >= 0.6 is 15.9 Å². The summed E-state index contributed by atoms with van der Waals surface area (Å²) in [6.45, 7) is 1.27. The Kier molecular flexibility index (Phi) is 3.80. The Morgan fingerprint density at radius 3 is 2.43 bits per heavy atom. The monoisotopic (exact) mass is 350 g/mol. The van der Waals surface area contributed by atoms with E-state index in [-0.39, 0.29) is 24.3 Å². The number of carbonyl (C=O) groups is 3. The smallest absolute Gasteiger partial charge is 0.262 e. The van der Waals surface area contributed by atoms with Gasteiger partial charge in [0.15, 0.2) is 0 Å². The summed E-state index contributed by atoms with van der Waals surface area (Å²) in [5, 5.41) is 0. The zero-order valence-corrected chi connectivity index (χ0v) is 13.1. The summed E-state index contributed by atoms with van der Waals surface area (Å²) in [4.78, 5) is 39.6. The van der Waals surface area contributed by atoms with Crippen molar-refractivity contribution < 1.29 is 14.4 Å². The number of halogens is 1. The summed E-state index contributed by atoms with van der Waals surface area (Å²) in [6.07, 6.45) is 3.10. The zero-order valence-electron chi connectivity index (χ0n) is 11.5. The van der Waals surface area contributed by atoms with E-state index >= 15 is 0 Å². The van der Waals surface area contributed by atoms with Gasteiger partial charge in [0, 0.05) is 17.6 Å². The number of hydrogen-bond donors (Lipinski definition) is 0. The molecule has 3 rings (SSSR count). The summed E-state index contributed by atoms with van der Waals surface area (Å²) in [7, 11) is 0. The summed E-state index contributed by atoms with van der Waals surface area (Å²) >= 11 is 3.29. The molecule has 2 aliphatic rings. The van der Waals surface area contributed by atoms with Crippen LogP contribution in [0.15, 0.2) is 22.7 Å². The number of nitrogens with zero attached hydrogens (tertiary/aromatic N) is 2. The van der Waals surface area contributed by atoms with E-state index < -0.39 is 0 Å². The van der Waals surface area contributed by atoms with Crippen LogP contribution in [-0.4, -0.2) is 47.2 Å². The lowest BCUT2D eigenvalue weighted by atomic mass is 10.1. The molecule has 0 bridgehead atoms. The van der Waals surface area contributed by atoms with Gasteiger partial charge in [-0.2, -0.15) is 0 Å². The van der Waals surface area contributed by atoms with Crippen LogP contribution in [0.25, 0.3) is 0 Å². The van der Waals surface area contributed by atoms with Crippen molar-refractivity contribution >= 4 is 33.7 Å². The molecule has 2 heterocycles. The van der Waals surface area contributed by atoms with E-state index in [0.29, 0.717) is 24.2 Å². The van der Waals surface area contributed by atoms with Gasteiger partial charge >= 0.3 is 0 Å². The molecule has 0 spiro atoms. The van der Waals surface area contributed by atoms with Gasteiger partial charge in [0.2, 0.25) is 5.91 Å². The van der Waals surface area contributed by atoms with Crippen LogP contribution in [-0.2, 0) is 4.79 Å². The van der Waals surface area contributed by atoms with Gasteiger partial charge < -0.3 is 4.90 Å². The fraction of sp³-hybridized carbons (Fsp3) is 0.400. The van der Waals surface area contributed by atoms with Gasteiger partial charge in [-0.15, -0.1) is 0 Å². The molecule has 6 heteroatoms. The Bertz CT molecular complexity index is 623. The molecule has 0 radical (unpaired) electrons. The quantitative estimate of drug-likeness (QED) is 0.767. The first-order valence-corrected chi connectivity index (χ1v) is 7.81. The molecule has 0 atom stereocenters. The lowest BCUT2D eigenvalue weighted by Gasteiger charge is -2.28. The normalized spacial score (nSPS) is 18.1. The summed E-state index contributed by atoms with van der Waals surface area (Å²) in [5.41, 5.74) is 0.732. The Labute approximate surface area is 131 Å². The molecule has 0 unspecified atom stereocenters. The number of benzene rings is 1. The third kappa shape index (κ3) is 2.60. The number of carbonyl (C=O) groups excluding carboxylic acids is 3. The van der Waals surface area contributed by atoms with Crippen molar-refractivity contribution in [3.05, 3.63) is 33.8 Å². The molecule has 21 heavy (non-hydrogen) atoms. The summed E-state index contributed by atoms with van der Waals surface area (Å²) < 4.78 is 0.742. The van der Waals surface area contributed by atoms with Crippen LogP contribution in [0, 0.1) is 0 Å². The van der Waals surface area contributed by atoms with Gasteiger partial charge in [0.25, 0.3) is 11.8 Å². The second-order valence-corrected chi connectivity index (χ2v) is 6.24. The fourth-order valence-corrected chi connectivity index (χ4v) is 3.15. The van der Waals surface area contributed by atoms with Crippen molar-refractivity contribution in [2.45, 2.75) is 19.3 Å². The minimum atomic E-state index is -0.387. The molecule has 1 aromatic rings. The number of hydrogen-bond acceptors (Lipinski definition) is 3. The SMILES string of the molecule is O=C(CN1C(=O)c2ccc(Br)cc2C1=O)N1CCCCC1. The van der Waals surface area contributed by atoms with Crippen molar-refractivity contribution in [1.82, 2.24) is 9.80 Å². The fourth-order valence-electron chi connectivity index (χ4n) is 2.79. The number of rotatable bonds is 2. The average Bonchev–Trinajstić information content (AvgIpc) is 2.73. The average molecular weight is 351 g/mol. The molecular formula is C15H15BrN2O3. The molecule has 1 aromatic carbocycles. The van der Waals surface area contributed by atoms with Crippen molar-refractivity contribution in [1.29, 1.82) is 0 Å². The molecule has 1 fully saturated rings. The van der Waals surface area contributed by atoms with E-state index in [1.165, 1.54) is 0 Å². The highest BCUT2D eigenvalue weighted by molar-refractivity contribution is 9.10. The molecule has 0 aromatic heterocycles. The van der Waals surface area contributed by atoms with E-state index in [1.54, 1.807) is 23.1 Å². The van der Waals surface area contributed by atoms with Gasteiger partial charge in [0.1, 0.15) is 6.54 Å². The Hall–Kier alpha value is -1.69. The van der Waals surface area contributed by atoms with Crippen molar-refractivity contribution in [2.75, 3.05) is 19.6 Å². The molecule has 0 aliphatic carbocycles. The standard InChI is InChI=1S/C15H15BrN2O3/c16-10-4-5-11-12(8-10)15(21)18(14(11)20)9-13(19)17-6-2-1-3-7-17/h4-5,8H,1-3,6-7,9H2. The molecule has 0 N–H and O–H groups in total. The van der Waals surface area contributed by atoms with Crippen molar-refractivity contribution in [3.63, 3.8) is 0 Å². The predicted molar refractivity (Wildman–Crippen MR) is 79.9 cm³/mol. The minimum Gasteiger partial charge on any atom is -0.341 e. The maximum atomic E-state index is 12.3. The number of likely N-dealkylation sites (tertiary alicyclic amines) is 1. The highest BCUT2D eigenvalue weighted by Gasteiger charge is 2.37. The molecular weight excluding hydrogens is 336 g/mol. The van der Waals surface area contributed by atoms with E-state index in [0.717, 1.165) is 28.6 Å². The first-order valence-electron chi connectivity index (χ1n) is 7.01. The molecule has 110 valence electrons. The van der Waals surface area contributed by atoms with Gasteiger partial charge in [-0.3, -0.25) is 19.3 Å². The van der Waals surface area contributed by atoms with Gasteiger partial charge in [-0.25, -0.2) is 0 Å². The lowest BCUT2D eigenvalue weighted by Crippen LogP contribution is -2.44. The molecule has 3 amide bonds. The zero-order chi connectivity index (χ0) is 15.0. The van der Waals surface area contributed by atoms with Crippen LogP contribution in [0.1, 0.15) is 40.0 Å². The molecule has 0 saturated carbocycles. The highest BCUT2D eigenvalue weighted by atomic mass is 79.9. The van der Waals surface area contributed by atoms with Crippen LogP contribution in [0.3, 0.4) is 0 Å². The highest BCUT2D eigenvalue weighted by Crippen LogP contribution is 2.26. The molecule has 1 saturated heterocycles. The predicted octanol–water partition coefficient (Wildman–Crippen LogP) is 2.06. The van der Waals surface area contributed by atoms with E-state index in [2.05, 4.69) is 15.9 Å². The van der Waals surface area contributed by atoms with Gasteiger partial charge in [0.05, 0.1) is 11.1 Å². The van der Waals surface area contributed by atoms with Gasteiger partial charge in [-0.1, -0.05) is 15.9 Å². The summed E-state index contributed by atoms with van der Waals surface area (Å²) in [5.74, 6) is -0.919. The maximum absolute atomic E-state index is 12.3. The molecule has 5 nitrogen and oxygen atoms in total. The Morgan fingerprint density at radius 2 is 1.71 bits per heavy atom.